The highest BCUT2D eigenvalue weighted by Gasteiger charge is 2.24. The lowest BCUT2D eigenvalue weighted by atomic mass is 10.0. The normalized spacial score (nSPS) is 16.6. The van der Waals surface area contributed by atoms with Crippen LogP contribution in [-0.2, 0) is 4.79 Å². The number of amidine groups is 1. The predicted octanol–water partition coefficient (Wildman–Crippen LogP) is 4.75. The number of hydrogen-bond donors (Lipinski definition) is 1. The Morgan fingerprint density at radius 1 is 0.964 bits per heavy atom. The highest BCUT2D eigenvalue weighted by Crippen LogP contribution is 2.34. The first kappa shape index (κ1) is 18.1. The summed E-state index contributed by atoms with van der Waals surface area (Å²) < 4.78 is 10.7. The van der Waals surface area contributed by atoms with Gasteiger partial charge in [-0.25, -0.2) is 4.99 Å². The summed E-state index contributed by atoms with van der Waals surface area (Å²) in [6, 6.07) is 19.3. The van der Waals surface area contributed by atoms with E-state index in [0.29, 0.717) is 10.1 Å². The van der Waals surface area contributed by atoms with Gasteiger partial charge in [0.05, 0.1) is 24.8 Å². The standard InChI is InChI=1S/C22H18N2O3S/c1-26-16-10-8-15(9-11-16)23-22-24-21(25)20(28-22)13-18-17-6-4-3-5-14(17)7-12-19(18)27-2/h3-13H,1-2H3,(H,23,24,25)/b20-13+. The van der Waals surface area contributed by atoms with Crippen LogP contribution in [0.15, 0.2) is 70.6 Å². The van der Waals surface area contributed by atoms with Crippen LogP contribution in [0.4, 0.5) is 5.69 Å². The third-order valence-corrected chi connectivity index (χ3v) is 5.29. The Morgan fingerprint density at radius 2 is 1.75 bits per heavy atom. The minimum absolute atomic E-state index is 0.174. The van der Waals surface area contributed by atoms with E-state index in [0.717, 1.165) is 33.5 Å². The minimum Gasteiger partial charge on any atom is -0.497 e. The molecule has 4 rings (SSSR count). The molecule has 1 N–H and O–H groups in total. The average Bonchev–Trinajstić information content (AvgIpc) is 3.07. The summed E-state index contributed by atoms with van der Waals surface area (Å²) >= 11 is 1.31. The molecule has 1 heterocycles. The number of fused-ring (bicyclic) bond motifs is 1. The number of ether oxygens (including phenoxy) is 2. The fourth-order valence-electron chi connectivity index (χ4n) is 2.99. The van der Waals surface area contributed by atoms with Crippen molar-refractivity contribution in [2.75, 3.05) is 14.2 Å². The minimum atomic E-state index is -0.174. The van der Waals surface area contributed by atoms with Gasteiger partial charge >= 0.3 is 0 Å². The number of carbonyl (C=O) groups excluding carboxylic acids is 1. The van der Waals surface area contributed by atoms with E-state index in [1.165, 1.54) is 11.8 Å². The van der Waals surface area contributed by atoms with Gasteiger partial charge < -0.3 is 14.8 Å². The molecule has 1 fully saturated rings. The Labute approximate surface area is 167 Å². The second-order valence-electron chi connectivity index (χ2n) is 6.08. The molecule has 0 aromatic heterocycles. The van der Waals surface area contributed by atoms with Gasteiger partial charge in [0, 0.05) is 5.56 Å². The number of methoxy groups -OCH3 is 2. The number of benzene rings is 3. The maximum atomic E-state index is 12.5. The van der Waals surface area contributed by atoms with Crippen LogP contribution in [0.3, 0.4) is 0 Å². The molecular formula is C22H18N2O3S. The van der Waals surface area contributed by atoms with E-state index in [2.05, 4.69) is 10.3 Å². The molecule has 0 atom stereocenters. The molecule has 0 saturated carbocycles. The summed E-state index contributed by atoms with van der Waals surface area (Å²) in [7, 11) is 3.25. The van der Waals surface area contributed by atoms with Gasteiger partial charge in [0.2, 0.25) is 0 Å². The van der Waals surface area contributed by atoms with Gasteiger partial charge in [0.25, 0.3) is 5.91 Å². The highest BCUT2D eigenvalue weighted by molar-refractivity contribution is 8.18. The summed E-state index contributed by atoms with van der Waals surface area (Å²) in [6.45, 7) is 0. The van der Waals surface area contributed by atoms with Gasteiger partial charge in [-0.3, -0.25) is 4.79 Å². The Kier molecular flexibility index (Phi) is 5.04. The zero-order chi connectivity index (χ0) is 19.5. The van der Waals surface area contributed by atoms with Gasteiger partial charge in [0.15, 0.2) is 5.17 Å². The number of nitrogens with one attached hydrogen (secondary N) is 1. The van der Waals surface area contributed by atoms with Gasteiger partial charge in [-0.1, -0.05) is 30.3 Å². The fraction of sp³-hybridized carbons (Fsp3) is 0.0909. The zero-order valence-corrected chi connectivity index (χ0v) is 16.2. The van der Waals surface area contributed by atoms with E-state index in [1.807, 2.05) is 66.7 Å². The van der Waals surface area contributed by atoms with Gasteiger partial charge in [0.1, 0.15) is 11.5 Å². The van der Waals surface area contributed by atoms with Crippen LogP contribution < -0.4 is 14.8 Å². The monoisotopic (exact) mass is 390 g/mol. The molecule has 28 heavy (non-hydrogen) atoms. The van der Waals surface area contributed by atoms with Gasteiger partial charge in [-0.15, -0.1) is 0 Å². The van der Waals surface area contributed by atoms with Crippen molar-refractivity contribution in [3.63, 3.8) is 0 Å². The molecule has 3 aromatic rings. The fourth-order valence-corrected chi connectivity index (χ4v) is 3.81. The molecule has 1 aliphatic heterocycles. The number of carbonyl (C=O) groups is 1. The van der Waals surface area contributed by atoms with Crippen molar-refractivity contribution in [1.29, 1.82) is 0 Å². The highest BCUT2D eigenvalue weighted by atomic mass is 32.2. The molecule has 3 aromatic carbocycles. The van der Waals surface area contributed by atoms with Crippen molar-refractivity contribution >= 4 is 45.4 Å². The number of amides is 1. The van der Waals surface area contributed by atoms with Crippen molar-refractivity contribution in [2.45, 2.75) is 0 Å². The summed E-state index contributed by atoms with van der Waals surface area (Å²) in [6.07, 6.45) is 1.86. The third-order valence-electron chi connectivity index (χ3n) is 4.38. The maximum absolute atomic E-state index is 12.5. The largest absolute Gasteiger partial charge is 0.497 e. The Balaban J connectivity index is 1.68. The van der Waals surface area contributed by atoms with Crippen molar-refractivity contribution < 1.29 is 14.3 Å². The van der Waals surface area contributed by atoms with Crippen LogP contribution in [0.25, 0.3) is 16.8 Å². The van der Waals surface area contributed by atoms with Crippen molar-refractivity contribution in [1.82, 2.24) is 5.32 Å². The SMILES string of the molecule is COc1ccc(N=C2NC(=O)/C(=C\c3c(OC)ccc4ccccc34)S2)cc1. The molecule has 0 aliphatic carbocycles. The van der Waals surface area contributed by atoms with Crippen LogP contribution in [0, 0.1) is 0 Å². The molecule has 1 aliphatic rings. The topological polar surface area (TPSA) is 59.9 Å². The number of aliphatic imine (C=N–C) groups is 1. The van der Waals surface area contributed by atoms with Gasteiger partial charge in [-0.2, -0.15) is 0 Å². The molecule has 0 unspecified atom stereocenters. The molecule has 140 valence electrons. The maximum Gasteiger partial charge on any atom is 0.264 e. The number of hydrogen-bond acceptors (Lipinski definition) is 5. The van der Waals surface area contributed by atoms with E-state index in [1.54, 1.807) is 14.2 Å². The Hall–Kier alpha value is -3.25. The second-order valence-corrected chi connectivity index (χ2v) is 7.11. The quantitative estimate of drug-likeness (QED) is 0.653. The van der Waals surface area contributed by atoms with E-state index < -0.39 is 0 Å². The van der Waals surface area contributed by atoms with Crippen LogP contribution in [0.5, 0.6) is 11.5 Å². The molecule has 1 saturated heterocycles. The summed E-state index contributed by atoms with van der Waals surface area (Å²) in [4.78, 5) is 17.5. The lowest BCUT2D eigenvalue weighted by Crippen LogP contribution is -2.19. The first-order chi connectivity index (χ1) is 13.7. The first-order valence-electron chi connectivity index (χ1n) is 8.67. The van der Waals surface area contributed by atoms with E-state index in [9.17, 15) is 4.79 Å². The molecule has 5 nitrogen and oxygen atoms in total. The van der Waals surface area contributed by atoms with E-state index in [-0.39, 0.29) is 5.91 Å². The molecule has 6 heteroatoms. The molecule has 0 spiro atoms. The molecule has 0 radical (unpaired) electrons. The molecule has 0 bridgehead atoms. The van der Waals surface area contributed by atoms with Gasteiger partial charge in [-0.05, 0) is 58.9 Å². The van der Waals surface area contributed by atoms with Crippen LogP contribution in [0.1, 0.15) is 5.56 Å². The van der Waals surface area contributed by atoms with Crippen LogP contribution in [-0.4, -0.2) is 25.3 Å². The Bertz CT molecular complexity index is 1100. The van der Waals surface area contributed by atoms with E-state index >= 15 is 0 Å². The van der Waals surface area contributed by atoms with Crippen LogP contribution in [0.2, 0.25) is 0 Å². The van der Waals surface area contributed by atoms with E-state index in [4.69, 9.17) is 9.47 Å². The third kappa shape index (κ3) is 3.59. The summed E-state index contributed by atoms with van der Waals surface area (Å²) in [5.41, 5.74) is 1.62. The predicted molar refractivity (Wildman–Crippen MR) is 114 cm³/mol. The first-order valence-corrected chi connectivity index (χ1v) is 9.49. The Morgan fingerprint density at radius 3 is 2.50 bits per heavy atom. The smallest absolute Gasteiger partial charge is 0.264 e. The summed E-state index contributed by atoms with van der Waals surface area (Å²) in [5.74, 6) is 1.31. The average molecular weight is 390 g/mol. The molecule has 1 amide bonds. The number of rotatable bonds is 4. The second kappa shape index (κ2) is 7.78. The zero-order valence-electron chi connectivity index (χ0n) is 15.4. The lowest BCUT2D eigenvalue weighted by molar-refractivity contribution is -0.115. The lowest BCUT2D eigenvalue weighted by Gasteiger charge is -2.09. The number of nitrogens with zero attached hydrogens (tertiary/aromatic N) is 1. The van der Waals surface area contributed by atoms with Crippen molar-refractivity contribution in [3.05, 3.63) is 71.1 Å². The molecular weight excluding hydrogens is 372 g/mol. The summed E-state index contributed by atoms with van der Waals surface area (Å²) in [5, 5.41) is 5.48. The van der Waals surface area contributed by atoms with Crippen molar-refractivity contribution in [3.8, 4) is 11.5 Å². The van der Waals surface area contributed by atoms with Crippen molar-refractivity contribution in [2.24, 2.45) is 4.99 Å². The number of thioether (sulfide) groups is 1. The van der Waals surface area contributed by atoms with Crippen LogP contribution >= 0.6 is 11.8 Å².